The average molecular weight is 268 g/mol. The molecule has 0 fully saturated rings. The minimum atomic E-state index is -2.50. The van der Waals surface area contributed by atoms with Crippen LogP contribution in [-0.2, 0) is 0 Å². The van der Waals surface area contributed by atoms with E-state index in [2.05, 4.69) is 31.4 Å². The summed E-state index contributed by atoms with van der Waals surface area (Å²) in [5.41, 5.74) is -0.210. The summed E-state index contributed by atoms with van der Waals surface area (Å²) in [6.45, 7) is 1.32. The van der Waals surface area contributed by atoms with Crippen LogP contribution in [0.3, 0.4) is 0 Å². The first-order valence-corrected chi connectivity index (χ1v) is 4.59. The summed E-state index contributed by atoms with van der Waals surface area (Å²) in [7, 11) is 0. The summed E-state index contributed by atoms with van der Waals surface area (Å²) >= 11 is 2.97. The Morgan fingerprint density at radius 2 is 2.29 bits per heavy atom. The van der Waals surface area contributed by atoms with Crippen LogP contribution in [0.1, 0.15) is 6.92 Å². The van der Waals surface area contributed by atoms with E-state index in [0.717, 1.165) is 0 Å². The molecule has 0 aliphatic rings. The van der Waals surface area contributed by atoms with Crippen molar-refractivity contribution >= 4 is 21.6 Å². The van der Waals surface area contributed by atoms with Crippen molar-refractivity contribution in [3.05, 3.63) is 21.0 Å². The zero-order valence-corrected chi connectivity index (χ0v) is 8.81. The molecule has 2 N–H and O–H groups in total. The van der Waals surface area contributed by atoms with E-state index in [0.29, 0.717) is 0 Å². The molecule has 4 nitrogen and oxygen atoms in total. The molecule has 1 rings (SSSR count). The molecular weight excluding hydrogens is 260 g/mol. The number of anilines is 1. The largest absolute Gasteiger partial charge is 0.374 e. The van der Waals surface area contributed by atoms with Gasteiger partial charge in [-0.1, -0.05) is 0 Å². The van der Waals surface area contributed by atoms with Crippen molar-refractivity contribution in [1.29, 1.82) is 0 Å². The van der Waals surface area contributed by atoms with Gasteiger partial charge in [-0.15, -0.1) is 0 Å². The first-order valence-electron chi connectivity index (χ1n) is 3.80. The van der Waals surface area contributed by atoms with Crippen molar-refractivity contribution in [2.24, 2.45) is 0 Å². The predicted molar refractivity (Wildman–Crippen MR) is 51.6 cm³/mol. The van der Waals surface area contributed by atoms with Crippen molar-refractivity contribution in [3.63, 3.8) is 0 Å². The van der Waals surface area contributed by atoms with Crippen LogP contribution in [0.15, 0.2) is 15.5 Å². The quantitative estimate of drug-likeness (QED) is 0.875. The first kappa shape index (κ1) is 11.1. The van der Waals surface area contributed by atoms with Gasteiger partial charge in [-0.25, -0.2) is 13.9 Å². The Balaban J connectivity index is 2.87. The lowest BCUT2D eigenvalue weighted by atomic mass is 10.3. The van der Waals surface area contributed by atoms with Gasteiger partial charge in [-0.2, -0.15) is 5.10 Å². The van der Waals surface area contributed by atoms with Crippen LogP contribution in [-0.4, -0.2) is 22.7 Å². The Morgan fingerprint density at radius 3 is 2.86 bits per heavy atom. The molecular formula is C7H8BrF2N3O. The molecule has 1 unspecified atom stereocenters. The molecule has 1 atom stereocenters. The van der Waals surface area contributed by atoms with Crippen molar-refractivity contribution in [2.75, 3.05) is 5.32 Å². The van der Waals surface area contributed by atoms with Crippen LogP contribution >= 0.6 is 15.9 Å². The second-order valence-corrected chi connectivity index (χ2v) is 3.49. The number of halogens is 3. The first-order chi connectivity index (χ1) is 6.52. The highest BCUT2D eigenvalue weighted by Gasteiger charge is 2.16. The van der Waals surface area contributed by atoms with Gasteiger partial charge in [0.15, 0.2) is 0 Å². The Bertz CT molecular complexity index is 368. The summed E-state index contributed by atoms with van der Waals surface area (Å²) in [5.74, 6) is 0. The number of nitrogens with zero attached hydrogens (tertiary/aromatic N) is 1. The molecule has 7 heteroatoms. The molecule has 0 amide bonds. The average Bonchev–Trinajstić information content (AvgIpc) is 2.12. The molecule has 0 bridgehead atoms. The zero-order valence-electron chi connectivity index (χ0n) is 7.22. The van der Waals surface area contributed by atoms with Gasteiger partial charge in [-0.05, 0) is 22.9 Å². The molecule has 0 spiro atoms. The fourth-order valence-electron chi connectivity index (χ4n) is 0.792. The molecule has 1 aromatic heterocycles. The monoisotopic (exact) mass is 267 g/mol. The summed E-state index contributed by atoms with van der Waals surface area (Å²) in [6.07, 6.45) is -1.23. The Morgan fingerprint density at radius 1 is 1.64 bits per heavy atom. The maximum atomic E-state index is 12.2. The highest BCUT2D eigenvalue weighted by molar-refractivity contribution is 9.10. The van der Waals surface area contributed by atoms with Gasteiger partial charge in [-0.3, -0.25) is 4.79 Å². The molecule has 0 aliphatic heterocycles. The second-order valence-electron chi connectivity index (χ2n) is 2.69. The van der Waals surface area contributed by atoms with Gasteiger partial charge < -0.3 is 5.32 Å². The molecule has 0 saturated carbocycles. The highest BCUT2D eigenvalue weighted by Crippen LogP contribution is 2.17. The molecule has 0 radical (unpaired) electrons. The summed E-state index contributed by atoms with van der Waals surface area (Å²) < 4.78 is 24.5. The minimum absolute atomic E-state index is 0.167. The third-order valence-electron chi connectivity index (χ3n) is 1.56. The van der Waals surface area contributed by atoms with Crippen LogP contribution in [0.5, 0.6) is 0 Å². The van der Waals surface area contributed by atoms with E-state index < -0.39 is 18.0 Å². The smallest absolute Gasteiger partial charge is 0.280 e. The Hall–Kier alpha value is -0.980. The zero-order chi connectivity index (χ0) is 10.7. The number of aromatic nitrogens is 2. The van der Waals surface area contributed by atoms with Crippen LogP contribution in [0.2, 0.25) is 0 Å². The Labute approximate surface area is 86.8 Å². The van der Waals surface area contributed by atoms with Gasteiger partial charge in [0, 0.05) is 0 Å². The molecule has 1 aromatic rings. The fourth-order valence-corrected chi connectivity index (χ4v) is 1.10. The number of rotatable bonds is 3. The minimum Gasteiger partial charge on any atom is -0.374 e. The molecule has 0 saturated heterocycles. The van der Waals surface area contributed by atoms with E-state index in [9.17, 15) is 13.6 Å². The topological polar surface area (TPSA) is 57.8 Å². The van der Waals surface area contributed by atoms with Gasteiger partial charge in [0.2, 0.25) is 0 Å². The molecule has 14 heavy (non-hydrogen) atoms. The van der Waals surface area contributed by atoms with Gasteiger partial charge in [0.25, 0.3) is 12.0 Å². The lowest BCUT2D eigenvalue weighted by Crippen LogP contribution is -2.25. The number of H-pyrrole nitrogens is 1. The van der Waals surface area contributed by atoms with Crippen molar-refractivity contribution in [3.8, 4) is 0 Å². The third-order valence-corrected chi connectivity index (χ3v) is 2.34. The van der Waals surface area contributed by atoms with Crippen molar-refractivity contribution < 1.29 is 8.78 Å². The highest BCUT2D eigenvalue weighted by atomic mass is 79.9. The lowest BCUT2D eigenvalue weighted by Gasteiger charge is -2.13. The standard InChI is InChI=1S/C7H8BrF2N3O/c1-3(6(9)10)12-4-2-11-13-7(14)5(4)8/h2-3,6H,1H3,(H2,12,13,14). The number of hydrogen-bond donors (Lipinski definition) is 2. The molecule has 0 aromatic carbocycles. The van der Waals surface area contributed by atoms with E-state index >= 15 is 0 Å². The van der Waals surface area contributed by atoms with Crippen molar-refractivity contribution in [1.82, 2.24) is 10.2 Å². The van der Waals surface area contributed by atoms with Gasteiger partial charge in [0.05, 0.1) is 17.9 Å². The maximum Gasteiger partial charge on any atom is 0.280 e. The summed E-state index contributed by atoms with van der Waals surface area (Å²) in [4.78, 5) is 11.0. The van der Waals surface area contributed by atoms with E-state index in [1.807, 2.05) is 0 Å². The molecule has 78 valence electrons. The van der Waals surface area contributed by atoms with E-state index in [1.54, 1.807) is 0 Å². The van der Waals surface area contributed by atoms with Crippen LogP contribution in [0.4, 0.5) is 14.5 Å². The third kappa shape index (κ3) is 2.50. The Kier molecular flexibility index (Phi) is 3.56. The van der Waals surface area contributed by atoms with Gasteiger partial charge in [0.1, 0.15) is 4.47 Å². The molecule has 1 heterocycles. The number of hydrogen-bond acceptors (Lipinski definition) is 3. The second kappa shape index (κ2) is 4.50. The van der Waals surface area contributed by atoms with E-state index in [1.165, 1.54) is 13.1 Å². The predicted octanol–water partition coefficient (Wildman–Crippen LogP) is 1.60. The molecule has 0 aliphatic carbocycles. The van der Waals surface area contributed by atoms with Gasteiger partial charge >= 0.3 is 0 Å². The maximum absolute atomic E-state index is 12.2. The normalized spacial score (nSPS) is 12.9. The van der Waals surface area contributed by atoms with E-state index in [-0.39, 0.29) is 10.2 Å². The fraction of sp³-hybridized carbons (Fsp3) is 0.429. The van der Waals surface area contributed by atoms with Crippen LogP contribution < -0.4 is 10.9 Å². The number of alkyl halides is 2. The lowest BCUT2D eigenvalue weighted by molar-refractivity contribution is 0.130. The van der Waals surface area contributed by atoms with E-state index in [4.69, 9.17) is 0 Å². The van der Waals surface area contributed by atoms with Crippen LogP contribution in [0.25, 0.3) is 0 Å². The van der Waals surface area contributed by atoms with Crippen molar-refractivity contribution in [2.45, 2.75) is 19.4 Å². The van der Waals surface area contributed by atoms with Crippen LogP contribution in [0, 0.1) is 0 Å². The summed E-state index contributed by atoms with van der Waals surface area (Å²) in [6, 6.07) is -1.03. The summed E-state index contributed by atoms with van der Waals surface area (Å²) in [5, 5.41) is 8.12. The SMILES string of the molecule is CC(Nc1cn[nH]c(=O)c1Br)C(F)F. The number of aromatic amines is 1. The number of nitrogens with one attached hydrogen (secondary N) is 2.